The minimum absolute atomic E-state index is 0.0139. The highest BCUT2D eigenvalue weighted by atomic mass is 19.1. The van der Waals surface area contributed by atoms with Crippen LogP contribution in [0.3, 0.4) is 0 Å². The summed E-state index contributed by atoms with van der Waals surface area (Å²) in [4.78, 5) is 12.0. The summed E-state index contributed by atoms with van der Waals surface area (Å²) in [5.74, 6) is 0.160. The molecule has 1 saturated heterocycles. The van der Waals surface area contributed by atoms with Crippen LogP contribution in [0.1, 0.15) is 26.2 Å². The molecule has 2 atom stereocenters. The van der Waals surface area contributed by atoms with Crippen LogP contribution < -0.4 is 15.4 Å². The Morgan fingerprint density at radius 1 is 1.55 bits per heavy atom. The lowest BCUT2D eigenvalue weighted by Crippen LogP contribution is -2.50. The van der Waals surface area contributed by atoms with Crippen molar-refractivity contribution in [2.24, 2.45) is 0 Å². The van der Waals surface area contributed by atoms with E-state index in [4.69, 9.17) is 4.74 Å². The fourth-order valence-corrected chi connectivity index (χ4v) is 2.24. The highest BCUT2D eigenvalue weighted by Crippen LogP contribution is 2.12. The molecule has 4 nitrogen and oxygen atoms in total. The first-order chi connectivity index (χ1) is 9.65. The van der Waals surface area contributed by atoms with E-state index in [2.05, 4.69) is 10.6 Å². The van der Waals surface area contributed by atoms with E-state index in [0.717, 1.165) is 25.8 Å². The number of amides is 1. The molecule has 1 aliphatic rings. The Bertz CT molecular complexity index is 447. The zero-order valence-corrected chi connectivity index (χ0v) is 11.7. The summed E-state index contributed by atoms with van der Waals surface area (Å²) >= 11 is 0. The standard InChI is InChI=1S/C15H21FN2O2/c1-11(10-20-13-6-4-5-12(16)9-13)18-15(19)14-7-2-3-8-17-14/h4-6,9,11,14,17H,2-3,7-8,10H2,1H3,(H,18,19)/t11-,14+/m1/s1. The number of rotatable bonds is 5. The zero-order chi connectivity index (χ0) is 14.4. The molecule has 0 aromatic heterocycles. The van der Waals surface area contributed by atoms with Gasteiger partial charge in [0.15, 0.2) is 0 Å². The van der Waals surface area contributed by atoms with Crippen LogP contribution in [0.5, 0.6) is 5.75 Å². The van der Waals surface area contributed by atoms with Gasteiger partial charge >= 0.3 is 0 Å². The first-order valence-electron chi connectivity index (χ1n) is 7.07. The lowest BCUT2D eigenvalue weighted by molar-refractivity contribution is -0.124. The largest absolute Gasteiger partial charge is 0.491 e. The van der Waals surface area contributed by atoms with Crippen LogP contribution in [0, 0.1) is 5.82 Å². The second-order valence-electron chi connectivity index (χ2n) is 5.18. The van der Waals surface area contributed by atoms with Crippen LogP contribution in [0.4, 0.5) is 4.39 Å². The summed E-state index contributed by atoms with van der Waals surface area (Å²) in [5.41, 5.74) is 0. The Kier molecular flexibility index (Phi) is 5.35. The first kappa shape index (κ1) is 14.8. The van der Waals surface area contributed by atoms with Crippen molar-refractivity contribution < 1.29 is 13.9 Å². The molecule has 1 heterocycles. The van der Waals surface area contributed by atoms with Crippen molar-refractivity contribution in [3.63, 3.8) is 0 Å². The Balaban J connectivity index is 1.74. The maximum Gasteiger partial charge on any atom is 0.237 e. The SMILES string of the molecule is C[C@H](COc1cccc(F)c1)NC(=O)[C@@H]1CCCCN1. The van der Waals surface area contributed by atoms with Crippen LogP contribution in [0.2, 0.25) is 0 Å². The van der Waals surface area contributed by atoms with Crippen LogP contribution in [-0.4, -0.2) is 31.1 Å². The molecule has 110 valence electrons. The van der Waals surface area contributed by atoms with E-state index in [1.54, 1.807) is 12.1 Å². The molecule has 0 bridgehead atoms. The van der Waals surface area contributed by atoms with Gasteiger partial charge in [-0.15, -0.1) is 0 Å². The van der Waals surface area contributed by atoms with Gasteiger partial charge in [0, 0.05) is 6.07 Å². The van der Waals surface area contributed by atoms with Crippen molar-refractivity contribution in [2.45, 2.75) is 38.3 Å². The third-order valence-corrected chi connectivity index (χ3v) is 3.31. The molecule has 0 aliphatic carbocycles. The molecule has 20 heavy (non-hydrogen) atoms. The van der Waals surface area contributed by atoms with Crippen LogP contribution in [0.25, 0.3) is 0 Å². The average molecular weight is 280 g/mol. The van der Waals surface area contributed by atoms with E-state index in [0.29, 0.717) is 12.4 Å². The molecule has 1 aliphatic heterocycles. The van der Waals surface area contributed by atoms with Gasteiger partial charge in [-0.05, 0) is 38.4 Å². The number of hydrogen-bond acceptors (Lipinski definition) is 3. The number of ether oxygens (including phenoxy) is 1. The van der Waals surface area contributed by atoms with Gasteiger partial charge in [-0.1, -0.05) is 12.5 Å². The van der Waals surface area contributed by atoms with Crippen molar-refractivity contribution in [3.05, 3.63) is 30.1 Å². The Labute approximate surface area is 118 Å². The van der Waals surface area contributed by atoms with Crippen molar-refractivity contribution in [3.8, 4) is 5.75 Å². The molecule has 1 aromatic carbocycles. The molecule has 1 fully saturated rings. The Morgan fingerprint density at radius 3 is 3.10 bits per heavy atom. The molecule has 5 heteroatoms. The summed E-state index contributed by atoms with van der Waals surface area (Å²) in [7, 11) is 0. The molecular weight excluding hydrogens is 259 g/mol. The first-order valence-corrected chi connectivity index (χ1v) is 7.07. The monoisotopic (exact) mass is 280 g/mol. The zero-order valence-electron chi connectivity index (χ0n) is 11.7. The van der Waals surface area contributed by atoms with E-state index >= 15 is 0 Å². The fraction of sp³-hybridized carbons (Fsp3) is 0.533. The second kappa shape index (κ2) is 7.24. The summed E-state index contributed by atoms with van der Waals surface area (Å²) < 4.78 is 18.4. The predicted octanol–water partition coefficient (Wildman–Crippen LogP) is 1.85. The summed E-state index contributed by atoms with van der Waals surface area (Å²) in [5, 5.41) is 6.12. The Morgan fingerprint density at radius 2 is 2.40 bits per heavy atom. The van der Waals surface area contributed by atoms with Crippen molar-refractivity contribution >= 4 is 5.91 Å². The molecule has 0 spiro atoms. The highest BCUT2D eigenvalue weighted by molar-refractivity contribution is 5.82. The quantitative estimate of drug-likeness (QED) is 0.865. The minimum Gasteiger partial charge on any atom is -0.491 e. The lowest BCUT2D eigenvalue weighted by atomic mass is 10.0. The molecule has 2 N–H and O–H groups in total. The van der Waals surface area contributed by atoms with E-state index in [9.17, 15) is 9.18 Å². The van der Waals surface area contributed by atoms with E-state index in [-0.39, 0.29) is 23.8 Å². The van der Waals surface area contributed by atoms with Crippen LogP contribution in [0.15, 0.2) is 24.3 Å². The van der Waals surface area contributed by atoms with E-state index in [1.165, 1.54) is 12.1 Å². The highest BCUT2D eigenvalue weighted by Gasteiger charge is 2.21. The number of carbonyl (C=O) groups excluding carboxylic acids is 1. The maximum absolute atomic E-state index is 13.0. The van der Waals surface area contributed by atoms with E-state index < -0.39 is 0 Å². The van der Waals surface area contributed by atoms with Gasteiger partial charge in [0.1, 0.15) is 18.2 Å². The summed E-state index contributed by atoms with van der Waals surface area (Å²) in [6, 6.07) is 5.78. The number of nitrogens with one attached hydrogen (secondary N) is 2. The molecule has 0 radical (unpaired) electrons. The van der Waals surface area contributed by atoms with Crippen LogP contribution in [-0.2, 0) is 4.79 Å². The topological polar surface area (TPSA) is 50.4 Å². The fourth-order valence-electron chi connectivity index (χ4n) is 2.24. The minimum atomic E-state index is -0.328. The van der Waals surface area contributed by atoms with Gasteiger partial charge in [-0.2, -0.15) is 0 Å². The third kappa shape index (κ3) is 4.49. The molecule has 2 rings (SSSR count). The van der Waals surface area contributed by atoms with Crippen molar-refractivity contribution in [2.75, 3.05) is 13.2 Å². The van der Waals surface area contributed by atoms with Crippen molar-refractivity contribution in [1.82, 2.24) is 10.6 Å². The maximum atomic E-state index is 13.0. The molecule has 0 saturated carbocycles. The van der Waals surface area contributed by atoms with E-state index in [1.807, 2.05) is 6.92 Å². The molecular formula is C15H21FN2O2. The summed E-state index contributed by atoms with van der Waals surface area (Å²) in [6.07, 6.45) is 3.09. The van der Waals surface area contributed by atoms with Crippen LogP contribution >= 0.6 is 0 Å². The molecule has 1 amide bonds. The number of carbonyl (C=O) groups is 1. The summed E-state index contributed by atoms with van der Waals surface area (Å²) in [6.45, 7) is 3.09. The van der Waals surface area contributed by atoms with Gasteiger partial charge in [0.2, 0.25) is 5.91 Å². The molecule has 0 unspecified atom stereocenters. The third-order valence-electron chi connectivity index (χ3n) is 3.31. The van der Waals surface area contributed by atoms with Crippen molar-refractivity contribution in [1.29, 1.82) is 0 Å². The normalized spacial score (nSPS) is 20.2. The molecule has 1 aromatic rings. The number of hydrogen-bond donors (Lipinski definition) is 2. The van der Waals surface area contributed by atoms with Gasteiger partial charge in [0.25, 0.3) is 0 Å². The number of benzene rings is 1. The number of piperidine rings is 1. The second-order valence-corrected chi connectivity index (χ2v) is 5.18. The average Bonchev–Trinajstić information content (AvgIpc) is 2.46. The smallest absolute Gasteiger partial charge is 0.237 e. The lowest BCUT2D eigenvalue weighted by Gasteiger charge is -2.24. The number of halogens is 1. The predicted molar refractivity (Wildman–Crippen MR) is 75.1 cm³/mol. The van der Waals surface area contributed by atoms with Gasteiger partial charge in [0.05, 0.1) is 12.1 Å². The Hall–Kier alpha value is -1.62. The van der Waals surface area contributed by atoms with Gasteiger partial charge in [-0.3, -0.25) is 4.79 Å². The van der Waals surface area contributed by atoms with Gasteiger partial charge < -0.3 is 15.4 Å². The van der Waals surface area contributed by atoms with Gasteiger partial charge in [-0.25, -0.2) is 4.39 Å².